The van der Waals surface area contributed by atoms with Crippen LogP contribution in [-0.2, 0) is 16.1 Å². The fraction of sp³-hybridized carbons (Fsp3) is 0.185. The Morgan fingerprint density at radius 2 is 1.77 bits per heavy atom. The Hall–Kier alpha value is -4.45. The largest absolute Gasteiger partial charge is 0.364 e. The first kappa shape index (κ1) is 27.1. The van der Waals surface area contributed by atoms with E-state index in [1.54, 1.807) is 24.3 Å². The van der Waals surface area contributed by atoms with Gasteiger partial charge >= 0.3 is 0 Å². The van der Waals surface area contributed by atoms with Crippen molar-refractivity contribution in [2.75, 3.05) is 11.9 Å². The molecule has 3 N–H and O–H groups in total. The van der Waals surface area contributed by atoms with Gasteiger partial charge in [0, 0.05) is 29.0 Å². The quantitative estimate of drug-likeness (QED) is 0.332. The van der Waals surface area contributed by atoms with Crippen LogP contribution in [0.5, 0.6) is 0 Å². The van der Waals surface area contributed by atoms with E-state index in [-0.39, 0.29) is 28.3 Å². The topological polar surface area (TPSA) is 110 Å². The predicted octanol–water partition coefficient (Wildman–Crippen LogP) is 4.45. The number of rotatable bonds is 6. The molecule has 4 aromatic rings. The highest BCUT2D eigenvalue weighted by molar-refractivity contribution is 6.33. The Balaban J connectivity index is 1.40. The van der Waals surface area contributed by atoms with Crippen molar-refractivity contribution >= 4 is 45.9 Å². The molecule has 8 nitrogen and oxygen atoms in total. The van der Waals surface area contributed by atoms with E-state index in [0.717, 1.165) is 35.2 Å². The molecule has 1 fully saturated rings. The number of halogens is 5. The maximum absolute atomic E-state index is 15.4. The van der Waals surface area contributed by atoms with Crippen molar-refractivity contribution in [3.63, 3.8) is 0 Å². The van der Waals surface area contributed by atoms with E-state index in [0.29, 0.717) is 10.9 Å². The molecule has 0 bridgehead atoms. The molecule has 1 saturated heterocycles. The standard InChI is InChI=1S/C27H20ClF4N5O3/c28-19-8-13(29)5-6-16(19)18-7-14(30)9-20(24(18)32)34-27(40)22-10-15(31)11-36(22)23(38)12-37-21-4-2-1-3-17(21)25(35-37)26(33)39/h1-9,15,22H,10-12H2,(H2,33,39)(H,34,40)/t15-,22+/m1/s1. The number of fused-ring (bicyclic) bond motifs is 1. The van der Waals surface area contributed by atoms with Crippen molar-refractivity contribution in [1.82, 2.24) is 14.7 Å². The maximum atomic E-state index is 15.4. The zero-order valence-electron chi connectivity index (χ0n) is 20.5. The summed E-state index contributed by atoms with van der Waals surface area (Å²) in [7, 11) is 0. The highest BCUT2D eigenvalue weighted by Gasteiger charge is 2.40. The summed E-state index contributed by atoms with van der Waals surface area (Å²) in [6.07, 6.45) is -1.93. The lowest BCUT2D eigenvalue weighted by Gasteiger charge is -2.24. The summed E-state index contributed by atoms with van der Waals surface area (Å²) in [4.78, 5) is 39.1. The molecule has 13 heteroatoms. The number of primary amides is 1. The molecule has 2 atom stereocenters. The second-order valence-electron chi connectivity index (χ2n) is 9.21. The van der Waals surface area contributed by atoms with Gasteiger partial charge in [-0.25, -0.2) is 17.6 Å². The van der Waals surface area contributed by atoms with E-state index < -0.39 is 66.2 Å². The van der Waals surface area contributed by atoms with Crippen LogP contribution in [0.25, 0.3) is 22.0 Å². The van der Waals surface area contributed by atoms with Gasteiger partial charge in [-0.15, -0.1) is 0 Å². The minimum Gasteiger partial charge on any atom is -0.364 e. The highest BCUT2D eigenvalue weighted by Crippen LogP contribution is 2.35. The summed E-state index contributed by atoms with van der Waals surface area (Å²) in [6.45, 7) is -0.854. The number of hydrogen-bond donors (Lipinski definition) is 2. The first-order chi connectivity index (χ1) is 19.0. The minimum absolute atomic E-state index is 0.0150. The summed E-state index contributed by atoms with van der Waals surface area (Å²) in [5, 5.41) is 6.58. The fourth-order valence-electron chi connectivity index (χ4n) is 4.76. The number of benzene rings is 3. The molecule has 1 aromatic heterocycles. The number of amides is 3. The number of alkyl halides is 1. The number of nitrogens with two attached hydrogens (primary N) is 1. The van der Waals surface area contributed by atoms with E-state index in [4.69, 9.17) is 17.3 Å². The first-order valence-corrected chi connectivity index (χ1v) is 12.4. The van der Waals surface area contributed by atoms with E-state index >= 15 is 4.39 Å². The molecule has 0 spiro atoms. The molecular weight excluding hydrogens is 554 g/mol. The molecule has 206 valence electrons. The summed E-state index contributed by atoms with van der Waals surface area (Å²) < 4.78 is 58.9. The van der Waals surface area contributed by atoms with Gasteiger partial charge in [-0.3, -0.25) is 19.1 Å². The van der Waals surface area contributed by atoms with Crippen LogP contribution in [0.1, 0.15) is 16.9 Å². The number of carbonyl (C=O) groups excluding carboxylic acids is 3. The molecular formula is C27H20ClF4N5O3. The molecule has 1 aliphatic rings. The van der Waals surface area contributed by atoms with Crippen LogP contribution < -0.4 is 11.1 Å². The van der Waals surface area contributed by atoms with Crippen molar-refractivity contribution in [1.29, 1.82) is 0 Å². The number of nitrogens with one attached hydrogen (secondary N) is 1. The number of para-hydroxylation sites is 1. The van der Waals surface area contributed by atoms with Crippen LogP contribution >= 0.6 is 11.6 Å². The second-order valence-corrected chi connectivity index (χ2v) is 9.62. The van der Waals surface area contributed by atoms with Crippen molar-refractivity contribution < 1.29 is 31.9 Å². The minimum atomic E-state index is -1.55. The Morgan fingerprint density at radius 3 is 2.50 bits per heavy atom. The average Bonchev–Trinajstić information content (AvgIpc) is 3.47. The smallest absolute Gasteiger partial charge is 0.269 e. The molecule has 3 aromatic carbocycles. The SMILES string of the molecule is NC(=O)c1nn(CC(=O)N2C[C@H](F)C[C@H]2C(=O)Nc2cc(F)cc(-c3ccc(F)cc3Cl)c2F)c2ccccc12. The van der Waals surface area contributed by atoms with Gasteiger partial charge in [0.25, 0.3) is 5.91 Å². The van der Waals surface area contributed by atoms with Gasteiger partial charge in [-0.05, 0) is 30.3 Å². The Bertz CT molecular complexity index is 1680. The van der Waals surface area contributed by atoms with Gasteiger partial charge < -0.3 is 16.0 Å². The van der Waals surface area contributed by atoms with E-state index in [1.807, 2.05) is 0 Å². The van der Waals surface area contributed by atoms with Crippen molar-refractivity contribution in [2.24, 2.45) is 5.73 Å². The second kappa shape index (κ2) is 10.6. The van der Waals surface area contributed by atoms with Crippen LogP contribution in [-0.4, -0.2) is 51.2 Å². The molecule has 1 aliphatic heterocycles. The average molecular weight is 574 g/mol. The van der Waals surface area contributed by atoms with Gasteiger partial charge in [0.15, 0.2) is 11.5 Å². The predicted molar refractivity (Wildman–Crippen MR) is 139 cm³/mol. The molecule has 3 amide bonds. The summed E-state index contributed by atoms with van der Waals surface area (Å²) in [6, 6.07) is 9.87. The zero-order chi connectivity index (χ0) is 28.7. The third-order valence-electron chi connectivity index (χ3n) is 6.57. The number of carbonyl (C=O) groups is 3. The van der Waals surface area contributed by atoms with Crippen molar-refractivity contribution in [3.8, 4) is 11.1 Å². The van der Waals surface area contributed by atoms with Crippen molar-refractivity contribution in [3.05, 3.63) is 82.8 Å². The van der Waals surface area contributed by atoms with Gasteiger partial charge in [0.05, 0.1) is 22.8 Å². The third-order valence-corrected chi connectivity index (χ3v) is 6.88. The molecule has 0 aliphatic carbocycles. The van der Waals surface area contributed by atoms with Crippen LogP contribution in [0, 0.1) is 17.5 Å². The number of hydrogen-bond acceptors (Lipinski definition) is 4. The molecule has 0 saturated carbocycles. The molecule has 0 radical (unpaired) electrons. The zero-order valence-corrected chi connectivity index (χ0v) is 21.3. The van der Waals surface area contributed by atoms with Gasteiger partial charge in [0.2, 0.25) is 11.8 Å². The number of likely N-dealkylation sites (tertiary alicyclic amines) is 1. The van der Waals surface area contributed by atoms with E-state index in [2.05, 4.69) is 10.4 Å². The van der Waals surface area contributed by atoms with Crippen LogP contribution in [0.15, 0.2) is 54.6 Å². The fourth-order valence-corrected chi connectivity index (χ4v) is 5.03. The summed E-state index contributed by atoms with van der Waals surface area (Å²) in [5.74, 6) is -5.10. The van der Waals surface area contributed by atoms with Crippen molar-refractivity contribution in [2.45, 2.75) is 25.2 Å². The Morgan fingerprint density at radius 1 is 1.02 bits per heavy atom. The molecule has 40 heavy (non-hydrogen) atoms. The monoisotopic (exact) mass is 573 g/mol. The van der Waals surface area contributed by atoms with Gasteiger partial charge in [-0.2, -0.15) is 5.10 Å². The lowest BCUT2D eigenvalue weighted by molar-refractivity contribution is -0.137. The van der Waals surface area contributed by atoms with E-state index in [9.17, 15) is 27.6 Å². The van der Waals surface area contributed by atoms with Crippen LogP contribution in [0.3, 0.4) is 0 Å². The van der Waals surface area contributed by atoms with Crippen LogP contribution in [0.2, 0.25) is 5.02 Å². The summed E-state index contributed by atoms with van der Waals surface area (Å²) in [5.41, 5.74) is 4.84. The Kier molecular flexibility index (Phi) is 7.19. The lowest BCUT2D eigenvalue weighted by Crippen LogP contribution is -2.44. The normalized spacial score (nSPS) is 16.9. The maximum Gasteiger partial charge on any atom is 0.269 e. The molecule has 0 unspecified atom stereocenters. The third kappa shape index (κ3) is 5.09. The molecule has 5 rings (SSSR count). The number of anilines is 1. The number of aromatic nitrogens is 2. The lowest BCUT2D eigenvalue weighted by atomic mass is 10.0. The summed E-state index contributed by atoms with van der Waals surface area (Å²) >= 11 is 6.01. The van der Waals surface area contributed by atoms with Crippen LogP contribution in [0.4, 0.5) is 23.2 Å². The highest BCUT2D eigenvalue weighted by atomic mass is 35.5. The first-order valence-electron chi connectivity index (χ1n) is 12.0. The Labute approximate surface area is 229 Å². The number of nitrogens with zero attached hydrogens (tertiary/aromatic N) is 3. The van der Waals surface area contributed by atoms with Gasteiger partial charge in [-0.1, -0.05) is 29.8 Å². The molecule has 2 heterocycles. The van der Waals surface area contributed by atoms with E-state index in [1.165, 1.54) is 4.68 Å². The van der Waals surface area contributed by atoms with Gasteiger partial charge in [0.1, 0.15) is 30.4 Å².